The Balaban J connectivity index is 0.815. The van der Waals surface area contributed by atoms with Crippen LogP contribution in [0.1, 0.15) is 85.2 Å². The van der Waals surface area contributed by atoms with Crippen molar-refractivity contribution in [2.75, 3.05) is 7.11 Å². The fraction of sp³-hybridized carbons (Fsp3) is 0.222. The molecule has 24 heteroatoms. The summed E-state index contributed by atoms with van der Waals surface area (Å²) in [5.41, 5.74) is -10.9. The van der Waals surface area contributed by atoms with Crippen LogP contribution < -0.4 is 23.7 Å². The van der Waals surface area contributed by atoms with E-state index in [9.17, 15) is 0 Å². The number of allylic oxidation sites excluding steroid dienone is 2. The highest BCUT2D eigenvalue weighted by Crippen LogP contribution is 2.60. The van der Waals surface area contributed by atoms with E-state index >= 15 is 52.7 Å². The first-order valence-electron chi connectivity index (χ1n) is 29.6. The minimum atomic E-state index is -6.00. The van der Waals surface area contributed by atoms with Crippen LogP contribution in [0.3, 0.4) is 0 Å². The van der Waals surface area contributed by atoms with E-state index < -0.39 is 81.9 Å². The minimum Gasteiger partial charge on any atom is -0.496 e. The van der Waals surface area contributed by atoms with Gasteiger partial charge in [0.1, 0.15) is 40.6 Å². The summed E-state index contributed by atoms with van der Waals surface area (Å²) in [5.74, 6) is 0.229. The normalized spacial score (nSPS) is 14.8. The Morgan fingerprint density at radius 2 is 0.750 bits per heavy atom. The zero-order chi connectivity index (χ0) is 68.7. The summed E-state index contributed by atoms with van der Waals surface area (Å²) in [6, 6.07) is 35.6. The van der Waals surface area contributed by atoms with Crippen LogP contribution in [-0.2, 0) is 15.6 Å². The van der Waals surface area contributed by atoms with E-state index in [1.165, 1.54) is 99.0 Å². The van der Waals surface area contributed by atoms with Crippen molar-refractivity contribution in [3.8, 4) is 91.8 Å². The van der Waals surface area contributed by atoms with Crippen molar-refractivity contribution in [1.82, 2.24) is 20.4 Å². The molecular weight excluding hydrogens is 1280 g/mol. The van der Waals surface area contributed by atoms with Crippen molar-refractivity contribution < 1.29 is 89.9 Å². The van der Waals surface area contributed by atoms with E-state index in [2.05, 4.69) is 20.4 Å². The number of hydrogen-bond acceptors (Lipinski definition) is 12. The zero-order valence-corrected chi connectivity index (χ0v) is 51.8. The minimum absolute atomic E-state index is 0.00372. The number of epoxide rings is 1. The predicted molar refractivity (Wildman–Crippen MR) is 332 cm³/mol. The molecule has 0 spiro atoms. The van der Waals surface area contributed by atoms with Crippen molar-refractivity contribution in [2.24, 2.45) is 0 Å². The summed E-state index contributed by atoms with van der Waals surface area (Å²) in [5, 5.41) is 16.5. The van der Waals surface area contributed by atoms with Crippen LogP contribution in [0, 0.1) is 6.92 Å². The van der Waals surface area contributed by atoms with E-state index in [-0.39, 0.29) is 80.5 Å². The average molecular weight is 1330 g/mol. The summed E-state index contributed by atoms with van der Waals surface area (Å²) >= 11 is 0. The maximum absolute atomic E-state index is 15.9. The van der Waals surface area contributed by atoms with Gasteiger partial charge in [0.2, 0.25) is 34.4 Å². The smallest absolute Gasteiger partial charge is 0.411 e. The molecule has 2 unspecified atom stereocenters. The molecule has 0 radical (unpaired) electrons. The highest BCUT2D eigenvalue weighted by atomic mass is 19.4. The number of hydrogen-bond donors (Lipinski definition) is 0. The molecule has 1 aliphatic heterocycles. The molecule has 496 valence electrons. The third kappa shape index (κ3) is 13.0. The van der Waals surface area contributed by atoms with Crippen molar-refractivity contribution in [3.63, 3.8) is 0 Å². The maximum Gasteiger partial charge on any atom is 0.411 e. The number of benzene rings is 8. The van der Waals surface area contributed by atoms with Crippen LogP contribution >= 0.6 is 0 Å². The lowest BCUT2D eigenvalue weighted by atomic mass is 9.72. The molecule has 2 atom stereocenters. The van der Waals surface area contributed by atoms with Gasteiger partial charge >= 0.3 is 24.7 Å². The van der Waals surface area contributed by atoms with Crippen LogP contribution in [0.25, 0.3) is 58.0 Å². The predicted octanol–water partition coefficient (Wildman–Crippen LogP) is 20.9. The number of nitrogens with zero attached hydrogens (tertiary/aromatic N) is 4. The molecule has 1 fully saturated rings. The van der Waals surface area contributed by atoms with Gasteiger partial charge in [-0.05, 0) is 197 Å². The van der Waals surface area contributed by atoms with Crippen LogP contribution in [0.5, 0.6) is 46.0 Å². The summed E-state index contributed by atoms with van der Waals surface area (Å²) in [6.45, 7) is 9.72. The lowest BCUT2D eigenvalue weighted by molar-refractivity contribution is -0.290. The van der Waals surface area contributed by atoms with Gasteiger partial charge in [0.25, 0.3) is 0 Å². The van der Waals surface area contributed by atoms with E-state index in [1.54, 1.807) is 39.8 Å². The first kappa shape index (κ1) is 67.1. The molecule has 10 aromatic rings. The fourth-order valence-electron chi connectivity index (χ4n) is 11.2. The van der Waals surface area contributed by atoms with Gasteiger partial charge in [-0.2, -0.15) is 52.7 Å². The first-order valence-corrected chi connectivity index (χ1v) is 29.6. The van der Waals surface area contributed by atoms with Crippen LogP contribution in [-0.4, -0.2) is 64.4 Å². The van der Waals surface area contributed by atoms with Gasteiger partial charge in [-0.15, -0.1) is 20.4 Å². The number of rotatable bonds is 20. The molecule has 11 rings (SSSR count). The molecular formula is C72H56F12N4O8. The molecule has 3 heterocycles. The van der Waals surface area contributed by atoms with Crippen LogP contribution in [0.2, 0.25) is 0 Å². The monoisotopic (exact) mass is 1330 g/mol. The Labute approximate surface area is 541 Å². The molecule has 96 heavy (non-hydrogen) atoms. The SMILES string of the molecule is C/C=C/c1cc(C(c2ccc(Oc3ccc(-c4nnc(-c5ccc(Oc6ccc(C(c7ccc(Oc8ccc(-c9nnc(-c%10ccc(C)cc%10)o9)cc8)c(OC(C)C)c7)(C(F)(F)F)C(F)(F)F)cc6C6OC6C)cc5)o4)cc3)c(/C=C/C)c2)(C(F)(F)F)C(F)(F)F)ccc1OC. The molecule has 12 nitrogen and oxygen atoms in total. The topological polar surface area (TPSA) is 137 Å². The molecule has 0 bridgehead atoms. The highest BCUT2D eigenvalue weighted by Gasteiger charge is 2.74. The Morgan fingerprint density at radius 3 is 1.12 bits per heavy atom. The molecule has 0 aliphatic carbocycles. The van der Waals surface area contributed by atoms with Crippen molar-refractivity contribution in [2.45, 2.75) is 95.4 Å². The van der Waals surface area contributed by atoms with E-state index in [4.69, 9.17) is 37.3 Å². The number of aromatic nitrogens is 4. The summed E-state index contributed by atoms with van der Waals surface area (Å²) in [7, 11) is 1.25. The van der Waals surface area contributed by atoms with Gasteiger partial charge in [0.15, 0.2) is 11.5 Å². The second kappa shape index (κ2) is 26.1. The third-order valence-corrected chi connectivity index (χ3v) is 15.8. The highest BCUT2D eigenvalue weighted by molar-refractivity contribution is 5.66. The molecule has 1 saturated heterocycles. The van der Waals surface area contributed by atoms with Gasteiger partial charge in [-0.1, -0.05) is 66.3 Å². The molecule has 0 amide bonds. The Bertz CT molecular complexity index is 4450. The van der Waals surface area contributed by atoms with Gasteiger partial charge in [-0.25, -0.2) is 0 Å². The largest absolute Gasteiger partial charge is 0.496 e. The number of alkyl halides is 12. The maximum atomic E-state index is 15.9. The molecule has 8 aromatic carbocycles. The lowest BCUT2D eigenvalue weighted by Gasteiger charge is -2.39. The quantitative estimate of drug-likeness (QED) is 0.0531. The average Bonchev–Trinajstić information content (AvgIpc) is 0.907. The van der Waals surface area contributed by atoms with Gasteiger partial charge < -0.3 is 37.3 Å². The van der Waals surface area contributed by atoms with E-state index in [0.29, 0.717) is 40.5 Å². The zero-order valence-electron chi connectivity index (χ0n) is 51.8. The number of ether oxygens (including phenoxy) is 6. The van der Waals surface area contributed by atoms with Crippen LogP contribution in [0.4, 0.5) is 52.7 Å². The van der Waals surface area contributed by atoms with E-state index in [1.807, 2.05) is 31.2 Å². The Hall–Kier alpha value is -10.4. The van der Waals surface area contributed by atoms with Crippen molar-refractivity contribution in [3.05, 3.63) is 227 Å². The molecule has 0 saturated carbocycles. The number of methoxy groups -OCH3 is 1. The summed E-state index contributed by atoms with van der Waals surface area (Å²) in [6.07, 6.45) is -20.5. The second-order valence-corrected chi connectivity index (χ2v) is 22.6. The second-order valence-electron chi connectivity index (χ2n) is 22.6. The van der Waals surface area contributed by atoms with Gasteiger partial charge in [0.05, 0.1) is 19.3 Å². The van der Waals surface area contributed by atoms with Gasteiger partial charge in [0, 0.05) is 38.9 Å². The summed E-state index contributed by atoms with van der Waals surface area (Å²) < 4.78 is 234. The first-order chi connectivity index (χ1) is 45.6. The molecule has 0 N–H and O–H groups in total. The van der Waals surface area contributed by atoms with Crippen LogP contribution in [0.15, 0.2) is 191 Å². The third-order valence-electron chi connectivity index (χ3n) is 15.8. The van der Waals surface area contributed by atoms with Crippen molar-refractivity contribution >= 4 is 12.2 Å². The number of aryl methyl sites for hydroxylation is 1. The molecule has 1 aliphatic rings. The molecule has 2 aromatic heterocycles. The fourth-order valence-corrected chi connectivity index (χ4v) is 11.2. The Kier molecular flexibility index (Phi) is 18.2. The lowest BCUT2D eigenvalue weighted by Crippen LogP contribution is -2.54. The number of halogens is 12. The van der Waals surface area contributed by atoms with Crippen molar-refractivity contribution in [1.29, 1.82) is 0 Å². The Morgan fingerprint density at radius 1 is 0.417 bits per heavy atom. The standard InChI is InChI=1S/C72H56F12N4O8/c1-8-10-47-36-49(22-32-57(47)89-7)67(69(73,74)75,70(76,77)78)50-23-33-58(48(37-50)11-9-2)92-53-26-16-44(17-27-53)65-87-88-66(96-65)45-18-28-54(29-19-45)93-59-34-24-51(38-56(59)62-42(6)91-62)68(71(79,80)81,72(82,83)84)52-25-35-60(61(39-52)90-40(3)4)94-55-30-20-46(21-31-55)64-86-85-63(95-64)43-14-12-41(5)13-15-43/h8-40,42,62H,1-7H3/b10-8+,11-9+. The summed E-state index contributed by atoms with van der Waals surface area (Å²) in [4.78, 5) is 0. The van der Waals surface area contributed by atoms with E-state index in [0.717, 1.165) is 60.2 Å². The van der Waals surface area contributed by atoms with Gasteiger partial charge in [-0.3, -0.25) is 0 Å².